The maximum Gasteiger partial charge on any atom is 0.228 e. The van der Waals surface area contributed by atoms with Gasteiger partial charge in [0.2, 0.25) is 9.70 Å². The van der Waals surface area contributed by atoms with Crippen LogP contribution < -0.4 is 21.1 Å². The second-order valence-corrected chi connectivity index (χ2v) is 7.54. The minimum absolute atomic E-state index is 0.0167. The molecule has 1 atom stereocenters. The minimum atomic E-state index is -1.85. The largest absolute Gasteiger partial charge is 0.545 e. The lowest BCUT2D eigenvalue weighted by Crippen LogP contribution is -2.56. The van der Waals surface area contributed by atoms with Crippen LogP contribution in [0.2, 0.25) is 0 Å². The first-order valence-corrected chi connectivity index (χ1v) is 8.42. The molecule has 1 aromatic rings. The topological polar surface area (TPSA) is 93.3 Å². The summed E-state index contributed by atoms with van der Waals surface area (Å²) in [5.74, 6) is -1.62. The van der Waals surface area contributed by atoms with Gasteiger partial charge in [-0.1, -0.05) is 53.9 Å². The van der Waals surface area contributed by atoms with E-state index in [1.165, 1.54) is 18.2 Å². The molecule has 0 aliphatic heterocycles. The number of aromatic carboxylic acids is 1. The quantitative estimate of drug-likeness (QED) is 0.376. The SMILES string of the molecule is CCCC(=O)N[C@@H](NC(=S)Nc1cccc(C(=O)[O-])c1)C(Cl)(Cl)Cl. The minimum Gasteiger partial charge on any atom is -0.545 e. The van der Waals surface area contributed by atoms with Crippen molar-refractivity contribution >= 4 is 69.7 Å². The van der Waals surface area contributed by atoms with Gasteiger partial charge in [0.25, 0.3) is 0 Å². The fourth-order valence-corrected chi connectivity index (χ4v) is 2.25. The highest BCUT2D eigenvalue weighted by molar-refractivity contribution is 7.80. The van der Waals surface area contributed by atoms with Gasteiger partial charge < -0.3 is 25.9 Å². The molecule has 0 unspecified atom stereocenters. The van der Waals surface area contributed by atoms with Gasteiger partial charge in [0.05, 0.1) is 5.97 Å². The van der Waals surface area contributed by atoms with Crippen LogP contribution in [0.5, 0.6) is 0 Å². The molecular weight excluding hydrogens is 397 g/mol. The maximum atomic E-state index is 11.7. The number of benzene rings is 1. The molecule has 0 fully saturated rings. The number of carboxylic acid groups (broad SMARTS) is 1. The summed E-state index contributed by atoms with van der Waals surface area (Å²) in [6.45, 7) is 1.84. The smallest absolute Gasteiger partial charge is 0.228 e. The Kier molecular flexibility index (Phi) is 8.02. The summed E-state index contributed by atoms with van der Waals surface area (Å²) in [6.07, 6.45) is -0.157. The van der Waals surface area contributed by atoms with Crippen molar-refractivity contribution in [3.8, 4) is 0 Å². The average Bonchev–Trinajstić information content (AvgIpc) is 2.46. The number of carbonyl (C=O) groups is 2. The number of hydrogen-bond acceptors (Lipinski definition) is 4. The molecule has 0 saturated carbocycles. The van der Waals surface area contributed by atoms with E-state index >= 15 is 0 Å². The predicted molar refractivity (Wildman–Crippen MR) is 97.3 cm³/mol. The van der Waals surface area contributed by atoms with Gasteiger partial charge in [-0.15, -0.1) is 0 Å². The van der Waals surface area contributed by atoms with Gasteiger partial charge >= 0.3 is 0 Å². The highest BCUT2D eigenvalue weighted by atomic mass is 35.6. The van der Waals surface area contributed by atoms with Crippen LogP contribution in [-0.2, 0) is 4.79 Å². The standard InChI is InChI=1S/C14H16Cl3N3O3S/c1-2-4-10(21)19-12(14(15,16)17)20-13(24)18-9-6-3-5-8(7-9)11(22)23/h3,5-7,12H,2,4H2,1H3,(H,19,21)(H,22,23)(H2,18,20,24)/p-1/t12-/m0/s1. The van der Waals surface area contributed by atoms with Gasteiger partial charge in [-0.3, -0.25) is 4.79 Å². The van der Waals surface area contributed by atoms with E-state index in [2.05, 4.69) is 16.0 Å². The fourth-order valence-electron chi connectivity index (χ4n) is 1.68. The molecule has 1 aromatic carbocycles. The van der Waals surface area contributed by atoms with Gasteiger partial charge in [0.15, 0.2) is 5.11 Å². The summed E-state index contributed by atoms with van der Waals surface area (Å²) in [5, 5.41) is 18.8. The van der Waals surface area contributed by atoms with Crippen molar-refractivity contribution in [1.82, 2.24) is 10.6 Å². The Hall–Kier alpha value is -1.28. The highest BCUT2D eigenvalue weighted by Crippen LogP contribution is 2.29. The van der Waals surface area contributed by atoms with Crippen LogP contribution in [0.1, 0.15) is 30.1 Å². The normalized spacial score (nSPS) is 12.2. The van der Waals surface area contributed by atoms with Crippen molar-refractivity contribution in [2.45, 2.75) is 29.7 Å². The summed E-state index contributed by atoms with van der Waals surface area (Å²) < 4.78 is -1.85. The third-order valence-corrected chi connectivity index (χ3v) is 3.62. The van der Waals surface area contributed by atoms with E-state index in [1.54, 1.807) is 6.07 Å². The van der Waals surface area contributed by atoms with E-state index in [9.17, 15) is 14.7 Å². The second-order valence-electron chi connectivity index (χ2n) is 4.76. The van der Waals surface area contributed by atoms with Crippen molar-refractivity contribution in [1.29, 1.82) is 0 Å². The monoisotopic (exact) mass is 410 g/mol. The number of alkyl halides is 3. The number of thiocarbonyl (C=S) groups is 1. The van der Waals surface area contributed by atoms with E-state index in [-0.39, 0.29) is 23.0 Å². The molecule has 6 nitrogen and oxygen atoms in total. The summed E-state index contributed by atoms with van der Waals surface area (Å²) in [7, 11) is 0. The average molecular weight is 412 g/mol. The Morgan fingerprint density at radius 3 is 2.50 bits per heavy atom. The first-order chi connectivity index (χ1) is 11.1. The summed E-state index contributed by atoms with van der Waals surface area (Å²) in [4.78, 5) is 22.5. The third-order valence-electron chi connectivity index (χ3n) is 2.74. The van der Waals surface area contributed by atoms with E-state index in [4.69, 9.17) is 47.0 Å². The van der Waals surface area contributed by atoms with Crippen molar-refractivity contribution in [2.75, 3.05) is 5.32 Å². The Labute approximate surface area is 159 Å². The summed E-state index contributed by atoms with van der Waals surface area (Å²) in [5.41, 5.74) is 0.383. The van der Waals surface area contributed by atoms with Gasteiger partial charge in [-0.2, -0.15) is 0 Å². The second kappa shape index (κ2) is 9.27. The van der Waals surface area contributed by atoms with E-state index in [1.807, 2.05) is 6.92 Å². The molecule has 0 heterocycles. The molecular formula is C14H15Cl3N3O3S-. The molecule has 0 aliphatic carbocycles. The molecule has 3 N–H and O–H groups in total. The Balaban J connectivity index is 2.76. The summed E-state index contributed by atoms with van der Waals surface area (Å²) in [6, 6.07) is 5.83. The number of carbonyl (C=O) groups excluding carboxylic acids is 2. The van der Waals surface area contributed by atoms with E-state index in [0.717, 1.165) is 0 Å². The lowest BCUT2D eigenvalue weighted by atomic mass is 10.2. The zero-order chi connectivity index (χ0) is 18.3. The van der Waals surface area contributed by atoms with Crippen LogP contribution in [0.15, 0.2) is 24.3 Å². The van der Waals surface area contributed by atoms with Crippen LogP contribution in [0.25, 0.3) is 0 Å². The third kappa shape index (κ3) is 7.09. The molecule has 0 radical (unpaired) electrons. The summed E-state index contributed by atoms with van der Waals surface area (Å²) >= 11 is 22.6. The van der Waals surface area contributed by atoms with Crippen LogP contribution >= 0.6 is 47.0 Å². The van der Waals surface area contributed by atoms with Crippen molar-refractivity contribution in [3.63, 3.8) is 0 Å². The lowest BCUT2D eigenvalue weighted by molar-refractivity contribution is -0.255. The van der Waals surface area contributed by atoms with Crippen molar-refractivity contribution in [3.05, 3.63) is 29.8 Å². The highest BCUT2D eigenvalue weighted by Gasteiger charge is 2.34. The molecule has 132 valence electrons. The number of hydrogen-bond donors (Lipinski definition) is 3. The van der Waals surface area contributed by atoms with Crippen LogP contribution in [0.3, 0.4) is 0 Å². The van der Waals surface area contributed by atoms with Crippen LogP contribution in [0.4, 0.5) is 5.69 Å². The number of carboxylic acids is 1. The fraction of sp³-hybridized carbons (Fsp3) is 0.357. The van der Waals surface area contributed by atoms with Crippen LogP contribution in [0, 0.1) is 0 Å². The van der Waals surface area contributed by atoms with Crippen molar-refractivity contribution < 1.29 is 14.7 Å². The molecule has 0 aliphatic rings. The van der Waals surface area contributed by atoms with E-state index in [0.29, 0.717) is 12.1 Å². The number of nitrogens with one attached hydrogen (secondary N) is 3. The number of anilines is 1. The van der Waals surface area contributed by atoms with Gasteiger partial charge in [-0.05, 0) is 36.3 Å². The molecule has 0 spiro atoms. The molecule has 1 amide bonds. The maximum absolute atomic E-state index is 11.7. The molecule has 10 heteroatoms. The van der Waals surface area contributed by atoms with Gasteiger partial charge in [0, 0.05) is 12.1 Å². The Morgan fingerprint density at radius 1 is 1.29 bits per heavy atom. The molecule has 0 aromatic heterocycles. The first-order valence-electron chi connectivity index (χ1n) is 6.88. The Morgan fingerprint density at radius 2 is 1.96 bits per heavy atom. The molecule has 0 saturated heterocycles. The van der Waals surface area contributed by atoms with Crippen LogP contribution in [-0.4, -0.2) is 26.9 Å². The number of halogens is 3. The Bertz CT molecular complexity index is 623. The predicted octanol–water partition coefficient (Wildman–Crippen LogP) is 1.95. The zero-order valence-electron chi connectivity index (χ0n) is 12.6. The number of rotatable bonds is 6. The zero-order valence-corrected chi connectivity index (χ0v) is 15.7. The number of amides is 1. The molecule has 24 heavy (non-hydrogen) atoms. The lowest BCUT2D eigenvalue weighted by Gasteiger charge is -2.27. The van der Waals surface area contributed by atoms with E-state index < -0.39 is 15.9 Å². The first kappa shape index (κ1) is 20.8. The van der Waals surface area contributed by atoms with Gasteiger partial charge in [0.1, 0.15) is 6.17 Å². The van der Waals surface area contributed by atoms with Gasteiger partial charge in [-0.25, -0.2) is 0 Å². The molecule has 1 rings (SSSR count). The molecule has 0 bridgehead atoms. The van der Waals surface area contributed by atoms with Crippen molar-refractivity contribution in [2.24, 2.45) is 0 Å².